The normalized spacial score (nSPS) is 20.6. The van der Waals surface area contributed by atoms with E-state index < -0.39 is 0 Å². The Labute approximate surface area is 135 Å². The maximum atomic E-state index is 4.65. The van der Waals surface area contributed by atoms with Crippen molar-refractivity contribution in [3.63, 3.8) is 0 Å². The second-order valence-electron chi connectivity index (χ2n) is 6.57. The van der Waals surface area contributed by atoms with Crippen molar-refractivity contribution in [2.45, 2.75) is 45.4 Å². The molecule has 4 heteroatoms. The van der Waals surface area contributed by atoms with Crippen LogP contribution in [0.2, 0.25) is 0 Å². The van der Waals surface area contributed by atoms with E-state index in [0.717, 1.165) is 16.2 Å². The minimum absolute atomic E-state index is 0.284. The molecule has 1 aromatic rings. The van der Waals surface area contributed by atoms with E-state index in [0.29, 0.717) is 10.7 Å². The third kappa shape index (κ3) is 4.81. The first-order valence-corrected chi connectivity index (χ1v) is 8.74. The molecule has 0 fully saturated rings. The molecule has 0 spiro atoms. The van der Waals surface area contributed by atoms with Crippen molar-refractivity contribution in [3.05, 3.63) is 34.3 Å². The molecule has 1 aliphatic heterocycles. The molecule has 0 aromatic heterocycles. The smallest absolute Gasteiger partial charge is 0.157 e. The Bertz CT molecular complexity index is 493. The third-order valence-corrected chi connectivity index (χ3v) is 4.86. The van der Waals surface area contributed by atoms with Crippen LogP contribution < -0.4 is 5.32 Å². The zero-order valence-electron chi connectivity index (χ0n) is 12.6. The van der Waals surface area contributed by atoms with Gasteiger partial charge in [0.25, 0.3) is 0 Å². The molecule has 0 saturated carbocycles. The SMILES string of the molecule is CC(NC1=NCC(CC(C)(C)C)S1)c1cccc(Br)c1. The summed E-state index contributed by atoms with van der Waals surface area (Å²) in [4.78, 5) is 4.65. The second-order valence-corrected chi connectivity index (χ2v) is 8.78. The van der Waals surface area contributed by atoms with Crippen LogP contribution in [0.1, 0.15) is 45.7 Å². The van der Waals surface area contributed by atoms with Crippen molar-refractivity contribution >= 4 is 32.9 Å². The van der Waals surface area contributed by atoms with Crippen molar-refractivity contribution < 1.29 is 0 Å². The highest BCUT2D eigenvalue weighted by Gasteiger charge is 2.25. The molecule has 2 unspecified atom stereocenters. The quantitative estimate of drug-likeness (QED) is 0.824. The van der Waals surface area contributed by atoms with Gasteiger partial charge in [0.15, 0.2) is 5.17 Å². The Morgan fingerprint density at radius 1 is 1.45 bits per heavy atom. The van der Waals surface area contributed by atoms with Gasteiger partial charge in [0.2, 0.25) is 0 Å². The number of aliphatic imine (C=N–C) groups is 1. The van der Waals surface area contributed by atoms with Gasteiger partial charge in [-0.05, 0) is 36.5 Å². The summed E-state index contributed by atoms with van der Waals surface area (Å²) < 4.78 is 1.12. The van der Waals surface area contributed by atoms with E-state index in [9.17, 15) is 0 Å². The van der Waals surface area contributed by atoms with E-state index in [2.05, 4.69) is 78.2 Å². The molecule has 0 bridgehead atoms. The molecular weight excluding hydrogens is 332 g/mol. The lowest BCUT2D eigenvalue weighted by Gasteiger charge is -2.22. The van der Waals surface area contributed by atoms with E-state index in [1.807, 2.05) is 11.8 Å². The van der Waals surface area contributed by atoms with Gasteiger partial charge in [0.05, 0.1) is 12.6 Å². The number of amidine groups is 1. The van der Waals surface area contributed by atoms with Gasteiger partial charge in [-0.15, -0.1) is 0 Å². The molecule has 2 atom stereocenters. The maximum Gasteiger partial charge on any atom is 0.157 e. The van der Waals surface area contributed by atoms with Gasteiger partial charge in [-0.2, -0.15) is 0 Å². The molecule has 0 amide bonds. The fourth-order valence-corrected chi connectivity index (χ4v) is 4.19. The van der Waals surface area contributed by atoms with Crippen molar-refractivity contribution in [1.82, 2.24) is 5.32 Å². The van der Waals surface area contributed by atoms with Gasteiger partial charge >= 0.3 is 0 Å². The lowest BCUT2D eigenvalue weighted by molar-refractivity contribution is 0.375. The number of hydrogen-bond acceptors (Lipinski definition) is 3. The minimum atomic E-state index is 0.284. The topological polar surface area (TPSA) is 24.4 Å². The van der Waals surface area contributed by atoms with Crippen LogP contribution in [0.5, 0.6) is 0 Å². The van der Waals surface area contributed by atoms with Gasteiger partial charge in [0.1, 0.15) is 0 Å². The van der Waals surface area contributed by atoms with E-state index in [1.54, 1.807) is 0 Å². The van der Waals surface area contributed by atoms with E-state index in [4.69, 9.17) is 0 Å². The average Bonchev–Trinajstić information content (AvgIpc) is 2.74. The highest BCUT2D eigenvalue weighted by atomic mass is 79.9. The summed E-state index contributed by atoms with van der Waals surface area (Å²) in [6, 6.07) is 8.72. The number of hydrogen-bond donors (Lipinski definition) is 1. The Balaban J connectivity index is 1.89. The van der Waals surface area contributed by atoms with Crippen LogP contribution in [-0.4, -0.2) is 17.0 Å². The van der Waals surface area contributed by atoms with Crippen LogP contribution in [0.4, 0.5) is 0 Å². The highest BCUT2D eigenvalue weighted by Crippen LogP contribution is 2.32. The van der Waals surface area contributed by atoms with Crippen LogP contribution in [0.25, 0.3) is 0 Å². The van der Waals surface area contributed by atoms with Gasteiger partial charge in [-0.3, -0.25) is 4.99 Å². The zero-order chi connectivity index (χ0) is 14.8. The number of thioether (sulfide) groups is 1. The van der Waals surface area contributed by atoms with Crippen LogP contribution in [0.3, 0.4) is 0 Å². The molecule has 0 saturated heterocycles. The summed E-state index contributed by atoms with van der Waals surface area (Å²) in [6.07, 6.45) is 1.21. The number of halogens is 1. The van der Waals surface area contributed by atoms with E-state index in [1.165, 1.54) is 12.0 Å². The number of nitrogens with zero attached hydrogens (tertiary/aromatic N) is 1. The van der Waals surface area contributed by atoms with Crippen molar-refractivity contribution in [2.75, 3.05) is 6.54 Å². The molecule has 1 N–H and O–H groups in total. The van der Waals surface area contributed by atoms with E-state index >= 15 is 0 Å². The van der Waals surface area contributed by atoms with E-state index in [-0.39, 0.29) is 6.04 Å². The second kappa shape index (κ2) is 6.52. The minimum Gasteiger partial charge on any atom is -0.358 e. The third-order valence-electron chi connectivity index (χ3n) is 3.25. The Hall–Kier alpha value is -0.480. The number of rotatable bonds is 3. The number of benzene rings is 1. The standard InChI is InChI=1S/C16H23BrN2S/c1-11(12-6-5-7-13(17)8-12)19-15-18-10-14(20-15)9-16(2,3)4/h5-8,11,14H,9-10H2,1-4H3,(H,18,19). The first kappa shape index (κ1) is 15.9. The molecule has 2 rings (SSSR count). The lowest BCUT2D eigenvalue weighted by atomic mass is 9.90. The first-order valence-electron chi connectivity index (χ1n) is 7.06. The van der Waals surface area contributed by atoms with Gasteiger partial charge in [0, 0.05) is 9.72 Å². The summed E-state index contributed by atoms with van der Waals surface area (Å²) in [5.41, 5.74) is 1.65. The fraction of sp³-hybridized carbons (Fsp3) is 0.562. The molecule has 0 aliphatic carbocycles. The predicted molar refractivity (Wildman–Crippen MR) is 93.4 cm³/mol. The van der Waals surface area contributed by atoms with Crippen LogP contribution in [0.15, 0.2) is 33.7 Å². The van der Waals surface area contributed by atoms with Crippen molar-refractivity contribution in [2.24, 2.45) is 10.4 Å². The van der Waals surface area contributed by atoms with Crippen LogP contribution in [-0.2, 0) is 0 Å². The molecule has 2 nitrogen and oxygen atoms in total. The zero-order valence-corrected chi connectivity index (χ0v) is 15.0. The summed E-state index contributed by atoms with van der Waals surface area (Å²) in [5, 5.41) is 5.24. The Morgan fingerprint density at radius 3 is 2.85 bits per heavy atom. The summed E-state index contributed by atoms with van der Waals surface area (Å²) in [6.45, 7) is 10.0. The van der Waals surface area contributed by atoms with Crippen molar-refractivity contribution in [3.8, 4) is 0 Å². The summed E-state index contributed by atoms with van der Waals surface area (Å²) in [5.74, 6) is 0. The van der Waals surface area contributed by atoms with Crippen molar-refractivity contribution in [1.29, 1.82) is 0 Å². The number of nitrogens with one attached hydrogen (secondary N) is 1. The van der Waals surface area contributed by atoms with Gasteiger partial charge < -0.3 is 5.32 Å². The molecule has 0 radical (unpaired) electrons. The average molecular weight is 355 g/mol. The first-order chi connectivity index (χ1) is 9.33. The van der Waals surface area contributed by atoms with Gasteiger partial charge in [-0.1, -0.05) is 60.6 Å². The summed E-state index contributed by atoms with van der Waals surface area (Å²) in [7, 11) is 0. The summed E-state index contributed by atoms with van der Waals surface area (Å²) >= 11 is 5.41. The monoisotopic (exact) mass is 354 g/mol. The molecule has 20 heavy (non-hydrogen) atoms. The molecule has 110 valence electrons. The largest absolute Gasteiger partial charge is 0.358 e. The molecule has 1 aromatic carbocycles. The molecule has 1 heterocycles. The molecular formula is C16H23BrN2S. The predicted octanol–water partition coefficient (Wildman–Crippen LogP) is 5.01. The lowest BCUT2D eigenvalue weighted by Crippen LogP contribution is -2.24. The molecule has 1 aliphatic rings. The fourth-order valence-electron chi connectivity index (χ4n) is 2.33. The maximum absolute atomic E-state index is 4.65. The van der Waals surface area contributed by atoms with Gasteiger partial charge in [-0.25, -0.2) is 0 Å². The highest BCUT2D eigenvalue weighted by molar-refractivity contribution is 9.10. The Kier molecular flexibility index (Phi) is 5.19. The van der Waals surface area contributed by atoms with Crippen LogP contribution >= 0.6 is 27.7 Å². The Morgan fingerprint density at radius 2 is 2.20 bits per heavy atom. The van der Waals surface area contributed by atoms with Crippen LogP contribution in [0, 0.1) is 5.41 Å².